The predicted octanol–water partition coefficient (Wildman–Crippen LogP) is 1.00. The Kier molecular flexibility index (Phi) is 4.39. The molecule has 124 valence electrons. The maximum Gasteiger partial charge on any atom is 0.407 e. The highest BCUT2D eigenvalue weighted by Gasteiger charge is 2.30. The third-order valence-electron chi connectivity index (χ3n) is 2.73. The van der Waals surface area contributed by atoms with Gasteiger partial charge in [-0.15, -0.1) is 0 Å². The number of carbonyl (C=O) groups is 3. The zero-order valence-corrected chi connectivity index (χ0v) is 12.9. The van der Waals surface area contributed by atoms with E-state index in [-0.39, 0.29) is 23.7 Å². The number of rotatable bonds is 3. The third kappa shape index (κ3) is 4.31. The van der Waals surface area contributed by atoms with E-state index in [1.165, 1.54) is 6.07 Å². The van der Waals surface area contributed by atoms with Gasteiger partial charge in [0.05, 0.1) is 12.1 Å². The molecule has 1 aliphatic rings. The summed E-state index contributed by atoms with van der Waals surface area (Å²) in [5.41, 5.74) is -0.553. The summed E-state index contributed by atoms with van der Waals surface area (Å²) in [4.78, 5) is 38.2. The quantitative estimate of drug-likeness (QED) is 0.757. The van der Waals surface area contributed by atoms with Crippen LogP contribution in [-0.2, 0) is 9.53 Å². The second-order valence-electron chi connectivity index (χ2n) is 5.86. The van der Waals surface area contributed by atoms with Crippen LogP contribution in [0, 0.1) is 0 Å². The molecule has 0 aromatic carbocycles. The second-order valence-corrected chi connectivity index (χ2v) is 5.86. The molecule has 1 aromatic rings. The van der Waals surface area contributed by atoms with Crippen LogP contribution in [0.5, 0.6) is 5.88 Å². The van der Waals surface area contributed by atoms with Crippen LogP contribution in [0.25, 0.3) is 0 Å². The molecule has 0 saturated carbocycles. The van der Waals surface area contributed by atoms with Crippen LogP contribution in [0.15, 0.2) is 12.3 Å². The van der Waals surface area contributed by atoms with E-state index in [0.717, 1.165) is 6.20 Å². The van der Waals surface area contributed by atoms with Gasteiger partial charge in [-0.1, -0.05) is 0 Å². The van der Waals surface area contributed by atoms with Crippen molar-refractivity contribution in [2.24, 2.45) is 0 Å². The maximum absolute atomic E-state index is 11.9. The van der Waals surface area contributed by atoms with Crippen molar-refractivity contribution in [2.45, 2.75) is 32.5 Å². The first-order valence-corrected chi connectivity index (χ1v) is 6.83. The Labute approximate surface area is 132 Å². The number of anilines is 1. The molecule has 0 saturated heterocycles. The Hall–Kier alpha value is -2.84. The Morgan fingerprint density at radius 1 is 1.48 bits per heavy atom. The van der Waals surface area contributed by atoms with E-state index in [0.29, 0.717) is 0 Å². The van der Waals surface area contributed by atoms with Gasteiger partial charge in [-0.25, -0.2) is 14.6 Å². The van der Waals surface area contributed by atoms with E-state index in [4.69, 9.17) is 14.6 Å². The highest BCUT2D eigenvalue weighted by molar-refractivity contribution is 5.99. The molecule has 2 amide bonds. The van der Waals surface area contributed by atoms with Crippen molar-refractivity contribution in [2.75, 3.05) is 11.9 Å². The first-order valence-electron chi connectivity index (χ1n) is 6.83. The van der Waals surface area contributed by atoms with Gasteiger partial charge >= 0.3 is 12.1 Å². The van der Waals surface area contributed by atoms with Crippen molar-refractivity contribution >= 4 is 23.7 Å². The van der Waals surface area contributed by atoms with E-state index in [1.807, 2.05) is 0 Å². The van der Waals surface area contributed by atoms with Crippen LogP contribution in [0.2, 0.25) is 0 Å². The van der Waals surface area contributed by atoms with Gasteiger partial charge < -0.3 is 25.2 Å². The Morgan fingerprint density at radius 3 is 2.78 bits per heavy atom. The van der Waals surface area contributed by atoms with Crippen molar-refractivity contribution in [3.63, 3.8) is 0 Å². The average molecular weight is 323 g/mol. The summed E-state index contributed by atoms with van der Waals surface area (Å²) in [6.45, 7) is 5.05. The maximum atomic E-state index is 11.9. The van der Waals surface area contributed by atoms with E-state index < -0.39 is 29.7 Å². The molecule has 0 fully saturated rings. The number of nitrogens with one attached hydrogen (secondary N) is 2. The minimum Gasteiger partial charge on any atom is -0.478 e. The fourth-order valence-electron chi connectivity index (χ4n) is 1.78. The van der Waals surface area contributed by atoms with Crippen molar-refractivity contribution < 1.29 is 29.0 Å². The van der Waals surface area contributed by atoms with Crippen LogP contribution >= 0.6 is 0 Å². The number of aromatic carboxylic acids is 1. The number of carbonyl (C=O) groups excluding carboxylic acids is 2. The summed E-state index contributed by atoms with van der Waals surface area (Å²) in [6, 6.07) is 1.25. The molecule has 3 N–H and O–H groups in total. The fourth-order valence-corrected chi connectivity index (χ4v) is 1.78. The van der Waals surface area contributed by atoms with Gasteiger partial charge in [-0.3, -0.25) is 4.79 Å². The summed E-state index contributed by atoms with van der Waals surface area (Å²) in [5, 5.41) is 13.8. The molecule has 2 rings (SSSR count). The summed E-state index contributed by atoms with van der Waals surface area (Å²) in [5.74, 6) is -1.59. The lowest BCUT2D eigenvalue weighted by Crippen LogP contribution is -2.46. The van der Waals surface area contributed by atoms with Gasteiger partial charge in [0.25, 0.3) is 5.91 Å². The molecule has 0 radical (unpaired) electrons. The van der Waals surface area contributed by atoms with Gasteiger partial charge in [0.15, 0.2) is 6.10 Å². The van der Waals surface area contributed by atoms with Gasteiger partial charge in [-0.05, 0) is 26.8 Å². The minimum absolute atomic E-state index is 0.0713. The average Bonchev–Trinajstić information content (AvgIpc) is 2.42. The highest BCUT2D eigenvalue weighted by atomic mass is 16.6. The molecule has 2 heterocycles. The Balaban J connectivity index is 2.00. The van der Waals surface area contributed by atoms with Crippen molar-refractivity contribution in [1.82, 2.24) is 10.3 Å². The fraction of sp³-hybridized carbons (Fsp3) is 0.429. The SMILES string of the molecule is CC(C)(C)OC(=O)NC[C@@H]1Oc2ncc(C(=O)O)cc2NC1=O. The standard InChI is InChI=1S/C14H17N3O6/c1-14(2,3)23-13(21)16-6-9-10(18)17-8-4-7(12(19)20)5-15-11(8)22-9/h4-5,9H,6H2,1-3H3,(H,16,21)(H,17,18)(H,19,20)/t9-/m0/s1. The lowest BCUT2D eigenvalue weighted by atomic mass is 10.2. The molecule has 1 aromatic heterocycles. The molecular formula is C14H17N3O6. The number of aromatic nitrogens is 1. The first-order chi connectivity index (χ1) is 10.7. The van der Waals surface area contributed by atoms with Gasteiger partial charge in [-0.2, -0.15) is 0 Å². The molecule has 0 unspecified atom stereocenters. The zero-order chi connectivity index (χ0) is 17.2. The predicted molar refractivity (Wildman–Crippen MR) is 78.5 cm³/mol. The van der Waals surface area contributed by atoms with Gasteiger partial charge in [0.1, 0.15) is 11.3 Å². The monoisotopic (exact) mass is 323 g/mol. The number of hydrogen-bond donors (Lipinski definition) is 3. The molecule has 23 heavy (non-hydrogen) atoms. The lowest BCUT2D eigenvalue weighted by Gasteiger charge is -2.26. The van der Waals surface area contributed by atoms with E-state index in [1.54, 1.807) is 20.8 Å². The number of carboxylic acid groups (broad SMARTS) is 1. The van der Waals surface area contributed by atoms with E-state index >= 15 is 0 Å². The van der Waals surface area contributed by atoms with Crippen LogP contribution in [-0.4, -0.2) is 46.3 Å². The number of alkyl carbamates (subject to hydrolysis) is 1. The smallest absolute Gasteiger partial charge is 0.407 e. The number of amides is 2. The van der Waals surface area contributed by atoms with Crippen molar-refractivity contribution in [3.8, 4) is 5.88 Å². The number of nitrogens with zero attached hydrogens (tertiary/aromatic N) is 1. The minimum atomic E-state index is -1.16. The lowest BCUT2D eigenvalue weighted by molar-refractivity contribution is -0.123. The third-order valence-corrected chi connectivity index (χ3v) is 2.73. The van der Waals surface area contributed by atoms with Gasteiger partial charge in [0.2, 0.25) is 5.88 Å². The van der Waals surface area contributed by atoms with E-state index in [2.05, 4.69) is 15.6 Å². The van der Waals surface area contributed by atoms with Crippen molar-refractivity contribution in [3.05, 3.63) is 17.8 Å². The van der Waals surface area contributed by atoms with Crippen LogP contribution in [0.4, 0.5) is 10.5 Å². The van der Waals surface area contributed by atoms with Crippen LogP contribution in [0.1, 0.15) is 31.1 Å². The number of hydrogen-bond acceptors (Lipinski definition) is 6. The molecule has 9 heteroatoms. The number of ether oxygens (including phenoxy) is 2. The summed E-state index contributed by atoms with van der Waals surface area (Å²) < 4.78 is 10.4. The number of pyridine rings is 1. The molecule has 0 aliphatic carbocycles. The molecule has 1 atom stereocenters. The summed E-state index contributed by atoms with van der Waals surface area (Å²) in [7, 11) is 0. The van der Waals surface area contributed by atoms with Crippen LogP contribution < -0.4 is 15.4 Å². The number of fused-ring (bicyclic) bond motifs is 1. The molecule has 9 nitrogen and oxygen atoms in total. The first kappa shape index (κ1) is 16.5. The normalized spacial score (nSPS) is 16.7. The summed E-state index contributed by atoms with van der Waals surface area (Å²) in [6.07, 6.45) is -0.538. The van der Waals surface area contributed by atoms with Crippen LogP contribution in [0.3, 0.4) is 0 Å². The van der Waals surface area contributed by atoms with Crippen molar-refractivity contribution in [1.29, 1.82) is 0 Å². The molecule has 0 spiro atoms. The van der Waals surface area contributed by atoms with E-state index in [9.17, 15) is 14.4 Å². The summed E-state index contributed by atoms with van der Waals surface area (Å²) >= 11 is 0. The molecule has 0 bridgehead atoms. The number of carboxylic acids is 1. The Bertz CT molecular complexity index is 652. The topological polar surface area (TPSA) is 127 Å². The zero-order valence-electron chi connectivity index (χ0n) is 12.9. The highest BCUT2D eigenvalue weighted by Crippen LogP contribution is 2.27. The van der Waals surface area contributed by atoms with Gasteiger partial charge in [0, 0.05) is 6.20 Å². The Morgan fingerprint density at radius 2 is 2.17 bits per heavy atom. The molecular weight excluding hydrogens is 306 g/mol. The largest absolute Gasteiger partial charge is 0.478 e. The second kappa shape index (κ2) is 6.11. The molecule has 1 aliphatic heterocycles.